The summed E-state index contributed by atoms with van der Waals surface area (Å²) in [7, 11) is 0. The lowest BCUT2D eigenvalue weighted by Crippen LogP contribution is -2.44. The predicted octanol–water partition coefficient (Wildman–Crippen LogP) is 1.90. The van der Waals surface area contributed by atoms with E-state index in [2.05, 4.69) is 21.0 Å². The molecule has 0 aliphatic carbocycles. The maximum atomic E-state index is 12.4. The number of rotatable bonds is 5. The normalized spacial score (nSPS) is 11.7. The van der Waals surface area contributed by atoms with Crippen LogP contribution in [0.25, 0.3) is 0 Å². The molecule has 10 heteroatoms. The average Bonchev–Trinajstić information content (AvgIpc) is 2.48. The van der Waals surface area contributed by atoms with Gasteiger partial charge in [-0.2, -0.15) is 18.3 Å². The smallest absolute Gasteiger partial charge is 0.356 e. The average molecular weight is 394 g/mol. The summed E-state index contributed by atoms with van der Waals surface area (Å²) in [6.45, 7) is -1.97. The van der Waals surface area contributed by atoms with Crippen molar-refractivity contribution in [2.45, 2.75) is 26.1 Å². The van der Waals surface area contributed by atoms with Gasteiger partial charge in [-0.1, -0.05) is 30.3 Å². The fraction of sp³-hybridized carbons (Fsp3) is 0.308. The SMILES string of the molecule is O=c1c(Br)nn(CC(F)(F)F)c(=O)n1COCc1ccccc1. The van der Waals surface area contributed by atoms with Crippen molar-refractivity contribution in [3.63, 3.8) is 0 Å². The molecule has 0 N–H and O–H groups in total. The summed E-state index contributed by atoms with van der Waals surface area (Å²) >= 11 is 2.75. The van der Waals surface area contributed by atoms with Gasteiger partial charge in [-0.15, -0.1) is 0 Å². The number of aromatic nitrogens is 3. The maximum absolute atomic E-state index is 12.4. The van der Waals surface area contributed by atoms with Gasteiger partial charge >= 0.3 is 11.9 Å². The summed E-state index contributed by atoms with van der Waals surface area (Å²) in [6, 6.07) is 8.92. The van der Waals surface area contributed by atoms with E-state index >= 15 is 0 Å². The van der Waals surface area contributed by atoms with Crippen molar-refractivity contribution in [2.24, 2.45) is 0 Å². The van der Waals surface area contributed by atoms with Crippen molar-refractivity contribution < 1.29 is 17.9 Å². The number of benzene rings is 1. The Morgan fingerprint density at radius 2 is 1.83 bits per heavy atom. The number of ether oxygens (including phenoxy) is 1. The molecule has 0 radical (unpaired) electrons. The molecule has 0 unspecified atom stereocenters. The number of halogens is 4. The van der Waals surface area contributed by atoms with E-state index in [9.17, 15) is 22.8 Å². The lowest BCUT2D eigenvalue weighted by molar-refractivity contribution is -0.144. The summed E-state index contributed by atoms with van der Waals surface area (Å²) in [4.78, 5) is 23.8. The first kappa shape index (κ1) is 17.4. The topological polar surface area (TPSA) is 66.1 Å². The van der Waals surface area contributed by atoms with Gasteiger partial charge in [-0.3, -0.25) is 4.79 Å². The van der Waals surface area contributed by atoms with Crippen LogP contribution in [0.1, 0.15) is 5.56 Å². The van der Waals surface area contributed by atoms with Crippen molar-refractivity contribution in [3.8, 4) is 0 Å². The Bertz CT molecular complexity index is 787. The molecule has 0 aliphatic rings. The highest BCUT2D eigenvalue weighted by Crippen LogP contribution is 2.15. The molecule has 6 nitrogen and oxygen atoms in total. The second-order valence-electron chi connectivity index (χ2n) is 4.54. The Labute approximate surface area is 136 Å². The summed E-state index contributed by atoms with van der Waals surface area (Å²) in [6.07, 6.45) is -4.64. The quantitative estimate of drug-likeness (QED) is 0.777. The number of alkyl halides is 3. The predicted molar refractivity (Wildman–Crippen MR) is 77.7 cm³/mol. The molecule has 0 spiro atoms. The molecule has 0 saturated heterocycles. The van der Waals surface area contributed by atoms with Crippen LogP contribution in [0, 0.1) is 0 Å². The Hall–Kier alpha value is -1.94. The van der Waals surface area contributed by atoms with Gasteiger partial charge in [0.2, 0.25) is 0 Å². The number of hydrogen-bond acceptors (Lipinski definition) is 4. The van der Waals surface area contributed by atoms with Crippen molar-refractivity contribution in [1.29, 1.82) is 0 Å². The van der Waals surface area contributed by atoms with Gasteiger partial charge in [0, 0.05) is 0 Å². The second kappa shape index (κ2) is 7.09. The van der Waals surface area contributed by atoms with Crippen LogP contribution in [0.2, 0.25) is 0 Å². The Kier molecular flexibility index (Phi) is 5.37. The molecule has 124 valence electrons. The van der Waals surface area contributed by atoms with Crippen LogP contribution in [0.3, 0.4) is 0 Å². The Balaban J connectivity index is 2.20. The molecule has 0 atom stereocenters. The van der Waals surface area contributed by atoms with Gasteiger partial charge in [-0.05, 0) is 21.5 Å². The summed E-state index contributed by atoms with van der Waals surface area (Å²) < 4.78 is 42.8. The molecule has 0 saturated carbocycles. The Morgan fingerprint density at radius 1 is 1.17 bits per heavy atom. The van der Waals surface area contributed by atoms with E-state index in [0.717, 1.165) is 5.56 Å². The molecule has 0 amide bonds. The lowest BCUT2D eigenvalue weighted by Gasteiger charge is -2.12. The molecule has 2 aromatic rings. The highest BCUT2D eigenvalue weighted by Gasteiger charge is 2.30. The third-order valence-corrected chi connectivity index (χ3v) is 3.24. The first-order chi connectivity index (χ1) is 10.8. The maximum Gasteiger partial charge on any atom is 0.408 e. The molecule has 0 fully saturated rings. The zero-order valence-electron chi connectivity index (χ0n) is 11.6. The van der Waals surface area contributed by atoms with E-state index in [-0.39, 0.29) is 11.3 Å². The third kappa shape index (κ3) is 4.76. The second-order valence-corrected chi connectivity index (χ2v) is 5.29. The van der Waals surface area contributed by atoms with Gasteiger partial charge in [0.05, 0.1) is 6.61 Å². The first-order valence-electron chi connectivity index (χ1n) is 6.34. The summed E-state index contributed by atoms with van der Waals surface area (Å²) in [5.41, 5.74) is -1.26. The number of nitrogens with zero attached hydrogens (tertiary/aromatic N) is 3. The minimum absolute atomic E-state index is 0.103. The fourth-order valence-corrected chi connectivity index (χ4v) is 2.15. The molecule has 0 aliphatic heterocycles. The Morgan fingerprint density at radius 3 is 2.43 bits per heavy atom. The standard InChI is InChI=1S/C13H11BrF3N3O3/c14-10-11(21)19(8-23-6-9-4-2-1-3-5-9)12(22)20(18-10)7-13(15,16)17/h1-5H,6-8H2. The van der Waals surface area contributed by atoms with E-state index in [1.165, 1.54) is 0 Å². The molecule has 1 aromatic carbocycles. The summed E-state index contributed by atoms with van der Waals surface area (Å²) in [5, 5.41) is 3.30. The fourth-order valence-electron chi connectivity index (χ4n) is 1.74. The zero-order valence-corrected chi connectivity index (χ0v) is 13.2. The monoisotopic (exact) mass is 393 g/mol. The minimum atomic E-state index is -4.64. The highest BCUT2D eigenvalue weighted by atomic mass is 79.9. The van der Waals surface area contributed by atoms with Gasteiger partial charge in [0.1, 0.15) is 13.3 Å². The molecule has 1 heterocycles. The van der Waals surface area contributed by atoms with Crippen LogP contribution in [0.15, 0.2) is 44.5 Å². The number of hydrogen-bond donors (Lipinski definition) is 0. The van der Waals surface area contributed by atoms with Crippen LogP contribution in [-0.4, -0.2) is 20.5 Å². The van der Waals surface area contributed by atoms with E-state index in [1.807, 2.05) is 6.07 Å². The first-order valence-corrected chi connectivity index (χ1v) is 7.13. The lowest BCUT2D eigenvalue weighted by atomic mass is 10.2. The molecule has 0 bridgehead atoms. The van der Waals surface area contributed by atoms with Crippen LogP contribution in [0.5, 0.6) is 0 Å². The van der Waals surface area contributed by atoms with Crippen molar-refractivity contribution in [2.75, 3.05) is 0 Å². The van der Waals surface area contributed by atoms with Crippen LogP contribution >= 0.6 is 15.9 Å². The minimum Gasteiger partial charge on any atom is -0.356 e. The van der Waals surface area contributed by atoms with Gasteiger partial charge in [0.15, 0.2) is 4.60 Å². The van der Waals surface area contributed by atoms with Gasteiger partial charge in [-0.25, -0.2) is 14.0 Å². The summed E-state index contributed by atoms with van der Waals surface area (Å²) in [5.74, 6) is 0. The zero-order chi connectivity index (χ0) is 17.0. The van der Waals surface area contributed by atoms with E-state index in [0.29, 0.717) is 4.57 Å². The molecule has 23 heavy (non-hydrogen) atoms. The van der Waals surface area contributed by atoms with Crippen LogP contribution in [-0.2, 0) is 24.6 Å². The molecular formula is C13H11BrF3N3O3. The van der Waals surface area contributed by atoms with E-state index in [1.54, 1.807) is 24.3 Å². The molecule has 1 aromatic heterocycles. The van der Waals surface area contributed by atoms with E-state index < -0.39 is 35.3 Å². The van der Waals surface area contributed by atoms with Crippen LogP contribution in [0.4, 0.5) is 13.2 Å². The third-order valence-electron chi connectivity index (χ3n) is 2.74. The van der Waals surface area contributed by atoms with Crippen molar-refractivity contribution >= 4 is 15.9 Å². The van der Waals surface area contributed by atoms with Crippen molar-refractivity contribution in [3.05, 3.63) is 61.3 Å². The highest BCUT2D eigenvalue weighted by molar-refractivity contribution is 9.10. The van der Waals surface area contributed by atoms with Gasteiger partial charge in [0.25, 0.3) is 5.56 Å². The molecular weight excluding hydrogens is 383 g/mol. The van der Waals surface area contributed by atoms with Crippen molar-refractivity contribution in [1.82, 2.24) is 14.3 Å². The largest absolute Gasteiger partial charge is 0.408 e. The molecule has 2 rings (SSSR count). The van der Waals surface area contributed by atoms with Gasteiger partial charge < -0.3 is 4.74 Å². The van der Waals surface area contributed by atoms with E-state index in [4.69, 9.17) is 4.74 Å². The van der Waals surface area contributed by atoms with Crippen LogP contribution < -0.4 is 11.2 Å².